The molecule has 0 bridgehead atoms. The number of fused-ring (bicyclic) bond motifs is 1. The van der Waals surface area contributed by atoms with Crippen molar-refractivity contribution in [1.29, 1.82) is 0 Å². The number of aryl methyl sites for hydroxylation is 1. The monoisotopic (exact) mass is 506 g/mol. The summed E-state index contributed by atoms with van der Waals surface area (Å²) in [6.45, 7) is 1.87. The molecule has 36 heavy (non-hydrogen) atoms. The highest BCUT2D eigenvalue weighted by atomic mass is 19.4. The highest BCUT2D eigenvalue weighted by Crippen LogP contribution is 2.32. The van der Waals surface area contributed by atoms with E-state index in [1.165, 1.54) is 16.8 Å². The van der Waals surface area contributed by atoms with Crippen molar-refractivity contribution in [1.82, 2.24) is 24.7 Å². The van der Waals surface area contributed by atoms with Crippen LogP contribution < -0.4 is 16.4 Å². The Balaban J connectivity index is 1.47. The molecule has 2 N–H and O–H groups in total. The summed E-state index contributed by atoms with van der Waals surface area (Å²) in [6, 6.07) is 3.62. The van der Waals surface area contributed by atoms with Gasteiger partial charge in [0.1, 0.15) is 11.4 Å². The van der Waals surface area contributed by atoms with Gasteiger partial charge in [0.25, 0.3) is 11.1 Å². The van der Waals surface area contributed by atoms with E-state index in [4.69, 9.17) is 0 Å². The number of anilines is 1. The van der Waals surface area contributed by atoms with Crippen molar-refractivity contribution >= 4 is 16.5 Å². The number of nitrogens with zero attached hydrogens (tertiary/aromatic N) is 4. The molecule has 13 heteroatoms. The molecule has 0 aliphatic carbocycles. The standard InChI is InChI=1S/C23H19F5N6O2/c1-12(32-18-11-31-33-21(35)19(18)23(26,27)28)3-2-5-34-6-4-13-7-16(17(25)8-15(13)22(34)36)20-29-9-14(24)10-30-20/h4,6-12H,2-3,5H2,1H3,(H2,32,33,35)/t12-/m0/s1. The maximum Gasteiger partial charge on any atom is 0.423 e. The van der Waals surface area contributed by atoms with Crippen LogP contribution in [0, 0.1) is 11.6 Å². The first kappa shape index (κ1) is 24.9. The molecular formula is C23H19F5N6O2. The van der Waals surface area contributed by atoms with Crippen LogP contribution in [0.5, 0.6) is 0 Å². The zero-order valence-electron chi connectivity index (χ0n) is 18.7. The van der Waals surface area contributed by atoms with Crippen LogP contribution >= 0.6 is 0 Å². The van der Waals surface area contributed by atoms with Crippen molar-refractivity contribution in [3.05, 3.63) is 80.9 Å². The number of nitrogens with one attached hydrogen (secondary N) is 2. The molecule has 0 fully saturated rings. The molecule has 4 rings (SSSR count). The number of benzene rings is 1. The number of hydrogen-bond acceptors (Lipinski definition) is 6. The number of H-pyrrole nitrogens is 1. The van der Waals surface area contributed by atoms with Gasteiger partial charge in [-0.25, -0.2) is 23.8 Å². The largest absolute Gasteiger partial charge is 0.423 e. The highest BCUT2D eigenvalue weighted by Gasteiger charge is 2.37. The first-order chi connectivity index (χ1) is 17.0. The van der Waals surface area contributed by atoms with Crippen LogP contribution in [0.4, 0.5) is 27.6 Å². The Hall–Kier alpha value is -4.16. The molecule has 0 unspecified atom stereocenters. The van der Waals surface area contributed by atoms with E-state index in [9.17, 15) is 31.5 Å². The number of rotatable bonds is 7. The van der Waals surface area contributed by atoms with E-state index >= 15 is 0 Å². The first-order valence-electron chi connectivity index (χ1n) is 10.8. The smallest absolute Gasteiger partial charge is 0.381 e. The molecule has 0 radical (unpaired) electrons. The summed E-state index contributed by atoms with van der Waals surface area (Å²) in [7, 11) is 0. The summed E-state index contributed by atoms with van der Waals surface area (Å²) < 4.78 is 68.7. The van der Waals surface area contributed by atoms with Crippen LogP contribution in [0.1, 0.15) is 25.3 Å². The summed E-state index contributed by atoms with van der Waals surface area (Å²) in [6.07, 6.45) is 0.166. The topological polar surface area (TPSA) is 106 Å². The number of alkyl halides is 3. The minimum absolute atomic E-state index is 0.0204. The van der Waals surface area contributed by atoms with Gasteiger partial charge in [-0.3, -0.25) is 9.59 Å². The van der Waals surface area contributed by atoms with Crippen LogP contribution in [0.15, 0.2) is 52.6 Å². The molecule has 0 amide bonds. The van der Waals surface area contributed by atoms with Gasteiger partial charge in [-0.2, -0.15) is 18.3 Å². The lowest BCUT2D eigenvalue weighted by atomic mass is 10.1. The Bertz CT molecular complexity index is 1520. The molecule has 1 atom stereocenters. The van der Waals surface area contributed by atoms with Crippen LogP contribution in [0.25, 0.3) is 22.2 Å². The molecule has 3 heterocycles. The maximum atomic E-state index is 14.7. The van der Waals surface area contributed by atoms with E-state index in [0.717, 1.165) is 24.7 Å². The molecule has 0 aliphatic heterocycles. The SMILES string of the molecule is C[C@@H](CCCn1ccc2cc(-c3ncc(F)cn3)c(F)cc2c1=O)Nc1cn[nH]c(=O)c1C(F)(F)F. The van der Waals surface area contributed by atoms with Gasteiger partial charge in [-0.15, -0.1) is 0 Å². The van der Waals surface area contributed by atoms with E-state index in [2.05, 4.69) is 20.4 Å². The van der Waals surface area contributed by atoms with Gasteiger partial charge >= 0.3 is 6.18 Å². The molecule has 0 saturated heterocycles. The van der Waals surface area contributed by atoms with E-state index in [1.54, 1.807) is 18.1 Å². The quantitative estimate of drug-likeness (QED) is 0.366. The van der Waals surface area contributed by atoms with E-state index in [1.807, 2.05) is 0 Å². The minimum atomic E-state index is -4.85. The van der Waals surface area contributed by atoms with Crippen LogP contribution in [0.3, 0.4) is 0 Å². The van der Waals surface area contributed by atoms with Gasteiger partial charge in [0.05, 0.1) is 35.2 Å². The fourth-order valence-corrected chi connectivity index (χ4v) is 3.80. The van der Waals surface area contributed by atoms with Crippen molar-refractivity contribution in [2.45, 2.75) is 38.5 Å². The predicted molar refractivity (Wildman–Crippen MR) is 121 cm³/mol. The third-order valence-electron chi connectivity index (χ3n) is 5.50. The second-order valence-corrected chi connectivity index (χ2v) is 8.13. The average molecular weight is 506 g/mol. The Kier molecular flexibility index (Phi) is 6.82. The fourth-order valence-electron chi connectivity index (χ4n) is 3.80. The molecule has 0 aliphatic rings. The average Bonchev–Trinajstić information content (AvgIpc) is 2.80. The lowest BCUT2D eigenvalue weighted by Gasteiger charge is -2.18. The zero-order chi connectivity index (χ0) is 26.0. The van der Waals surface area contributed by atoms with Gasteiger partial charge in [-0.1, -0.05) is 0 Å². The summed E-state index contributed by atoms with van der Waals surface area (Å²) in [5, 5.41) is 8.40. The molecule has 0 spiro atoms. The number of hydrogen-bond donors (Lipinski definition) is 2. The lowest BCUT2D eigenvalue weighted by molar-refractivity contribution is -0.138. The van der Waals surface area contributed by atoms with Crippen molar-refractivity contribution < 1.29 is 22.0 Å². The molecule has 1 aromatic carbocycles. The maximum absolute atomic E-state index is 14.7. The predicted octanol–water partition coefficient (Wildman–Crippen LogP) is 4.12. The summed E-state index contributed by atoms with van der Waals surface area (Å²) >= 11 is 0. The second-order valence-electron chi connectivity index (χ2n) is 8.13. The van der Waals surface area contributed by atoms with E-state index in [0.29, 0.717) is 18.2 Å². The number of aromatic nitrogens is 5. The number of pyridine rings is 1. The molecule has 8 nitrogen and oxygen atoms in total. The van der Waals surface area contributed by atoms with E-state index < -0.39 is 46.2 Å². The Morgan fingerprint density at radius 3 is 2.53 bits per heavy atom. The molecule has 0 saturated carbocycles. The van der Waals surface area contributed by atoms with Crippen LogP contribution in [-0.4, -0.2) is 30.8 Å². The van der Waals surface area contributed by atoms with Gasteiger partial charge in [-0.05, 0) is 43.4 Å². The fraction of sp³-hybridized carbons (Fsp3) is 0.261. The Labute approximate surface area is 199 Å². The summed E-state index contributed by atoms with van der Waals surface area (Å²) in [5.41, 5.74) is -3.56. The number of aromatic amines is 1. The Morgan fingerprint density at radius 2 is 1.83 bits per heavy atom. The van der Waals surface area contributed by atoms with Crippen molar-refractivity contribution in [2.24, 2.45) is 0 Å². The van der Waals surface area contributed by atoms with Crippen LogP contribution in [0.2, 0.25) is 0 Å². The third-order valence-corrected chi connectivity index (χ3v) is 5.50. The minimum Gasteiger partial charge on any atom is -0.381 e. The molecule has 4 aromatic rings. The van der Waals surface area contributed by atoms with Gasteiger partial charge in [0.15, 0.2) is 11.6 Å². The van der Waals surface area contributed by atoms with Gasteiger partial charge in [0.2, 0.25) is 0 Å². The third kappa shape index (κ3) is 5.24. The van der Waals surface area contributed by atoms with Gasteiger partial charge in [0, 0.05) is 18.8 Å². The second kappa shape index (κ2) is 9.84. The molecular weight excluding hydrogens is 487 g/mol. The Morgan fingerprint density at radius 1 is 1.11 bits per heavy atom. The zero-order valence-corrected chi connectivity index (χ0v) is 18.7. The van der Waals surface area contributed by atoms with Crippen molar-refractivity contribution in [3.63, 3.8) is 0 Å². The molecule has 3 aromatic heterocycles. The lowest BCUT2D eigenvalue weighted by Crippen LogP contribution is -2.27. The summed E-state index contributed by atoms with van der Waals surface area (Å²) in [4.78, 5) is 32.0. The first-order valence-corrected chi connectivity index (χ1v) is 10.8. The van der Waals surface area contributed by atoms with Crippen molar-refractivity contribution in [3.8, 4) is 11.4 Å². The highest BCUT2D eigenvalue weighted by molar-refractivity contribution is 5.85. The molecule has 188 valence electrons. The van der Waals surface area contributed by atoms with E-state index in [-0.39, 0.29) is 23.3 Å². The van der Waals surface area contributed by atoms with Crippen LogP contribution in [-0.2, 0) is 12.7 Å². The normalized spacial score (nSPS) is 12.6. The number of halogens is 5. The van der Waals surface area contributed by atoms with Crippen molar-refractivity contribution in [2.75, 3.05) is 5.32 Å². The van der Waals surface area contributed by atoms with Gasteiger partial charge < -0.3 is 9.88 Å². The summed E-state index contributed by atoms with van der Waals surface area (Å²) in [5.74, 6) is -1.43.